The second-order valence-electron chi connectivity index (χ2n) is 6.86. The lowest BCUT2D eigenvalue weighted by atomic mass is 9.73. The molecule has 1 aromatic heterocycles. The molecule has 4 rings (SSSR count). The van der Waals surface area contributed by atoms with E-state index in [1.165, 1.54) is 0 Å². The summed E-state index contributed by atoms with van der Waals surface area (Å²) in [6, 6.07) is 23.3. The lowest BCUT2D eigenvalue weighted by Crippen LogP contribution is -2.46. The van der Waals surface area contributed by atoms with Crippen LogP contribution < -0.4 is 5.73 Å². The highest BCUT2D eigenvalue weighted by molar-refractivity contribution is 6.02. The van der Waals surface area contributed by atoms with Crippen LogP contribution in [0.5, 0.6) is 0 Å². The van der Waals surface area contributed by atoms with Crippen LogP contribution in [0.25, 0.3) is 0 Å². The van der Waals surface area contributed by atoms with Crippen LogP contribution in [0.1, 0.15) is 23.1 Å². The Kier molecular flexibility index (Phi) is 4.55. The van der Waals surface area contributed by atoms with Gasteiger partial charge in [0.15, 0.2) is 11.3 Å². The molecule has 0 saturated carbocycles. The lowest BCUT2D eigenvalue weighted by molar-refractivity contribution is -0.124. The number of ketones is 1. The van der Waals surface area contributed by atoms with Crippen LogP contribution in [-0.4, -0.2) is 16.6 Å². The molecule has 2 aromatic carbocycles. The van der Waals surface area contributed by atoms with E-state index in [0.29, 0.717) is 18.7 Å². The van der Waals surface area contributed by atoms with Crippen molar-refractivity contribution in [1.82, 2.24) is 4.98 Å². The van der Waals surface area contributed by atoms with Crippen LogP contribution in [0, 0.1) is 5.92 Å². The zero-order valence-electron chi connectivity index (χ0n) is 15.0. The van der Waals surface area contributed by atoms with Gasteiger partial charge in [0.25, 0.3) is 0 Å². The number of amidine groups is 1. The van der Waals surface area contributed by atoms with Crippen LogP contribution in [0.4, 0.5) is 0 Å². The molecule has 3 aromatic rings. The molecular formula is C23H21N3O. The molecule has 1 aliphatic heterocycles. The Labute approximate surface area is 158 Å². The Morgan fingerprint density at radius 3 is 2.00 bits per heavy atom. The monoisotopic (exact) mass is 355 g/mol. The van der Waals surface area contributed by atoms with Crippen molar-refractivity contribution in [3.63, 3.8) is 0 Å². The molecule has 0 saturated heterocycles. The minimum absolute atomic E-state index is 0.0770. The first-order valence-corrected chi connectivity index (χ1v) is 9.08. The van der Waals surface area contributed by atoms with Gasteiger partial charge in [-0.2, -0.15) is 0 Å². The first-order chi connectivity index (χ1) is 13.2. The second-order valence-corrected chi connectivity index (χ2v) is 6.86. The largest absolute Gasteiger partial charge is 0.387 e. The molecule has 1 aliphatic rings. The fourth-order valence-corrected chi connectivity index (χ4v) is 3.78. The Hall–Kier alpha value is -3.27. The van der Waals surface area contributed by atoms with E-state index < -0.39 is 5.54 Å². The van der Waals surface area contributed by atoms with Crippen LogP contribution in [0.15, 0.2) is 90.2 Å². The number of pyridine rings is 1. The fourth-order valence-electron chi connectivity index (χ4n) is 3.78. The van der Waals surface area contributed by atoms with Gasteiger partial charge < -0.3 is 5.73 Å². The third kappa shape index (κ3) is 3.14. The number of Topliss-reactive ketones (excluding diaryl/α,β-unsaturated/α-hetero) is 1. The number of aliphatic imine (C=N–C) groups is 1. The van der Waals surface area contributed by atoms with Crippen LogP contribution in [0.2, 0.25) is 0 Å². The van der Waals surface area contributed by atoms with E-state index in [9.17, 15) is 4.79 Å². The van der Waals surface area contributed by atoms with Crippen LogP contribution in [0.3, 0.4) is 0 Å². The molecule has 0 radical (unpaired) electrons. The second kappa shape index (κ2) is 7.16. The standard InChI is InChI=1S/C23H21N3O/c24-22-18(15-17-11-13-25-14-12-17)16-21(27)23(26-22,19-7-3-1-4-8-19)20-9-5-2-6-10-20/h1-14,18H,15-16H2,(H2,24,26). The van der Waals surface area contributed by atoms with Gasteiger partial charge in [0, 0.05) is 24.7 Å². The van der Waals surface area contributed by atoms with E-state index in [2.05, 4.69) is 4.98 Å². The molecule has 1 unspecified atom stereocenters. The van der Waals surface area contributed by atoms with E-state index in [1.54, 1.807) is 12.4 Å². The topological polar surface area (TPSA) is 68.3 Å². The molecule has 27 heavy (non-hydrogen) atoms. The van der Waals surface area contributed by atoms with Gasteiger partial charge in [0.1, 0.15) is 0 Å². The summed E-state index contributed by atoms with van der Waals surface area (Å²) < 4.78 is 0. The number of aromatic nitrogens is 1. The number of hydrogen-bond donors (Lipinski definition) is 1. The summed E-state index contributed by atoms with van der Waals surface area (Å²) >= 11 is 0. The summed E-state index contributed by atoms with van der Waals surface area (Å²) in [4.78, 5) is 22.4. The van der Waals surface area contributed by atoms with Crippen LogP contribution in [-0.2, 0) is 16.8 Å². The maximum absolute atomic E-state index is 13.5. The zero-order valence-corrected chi connectivity index (χ0v) is 15.0. The van der Waals surface area contributed by atoms with Crippen molar-refractivity contribution < 1.29 is 4.79 Å². The molecule has 1 atom stereocenters. The molecule has 4 nitrogen and oxygen atoms in total. The predicted octanol–water partition coefficient (Wildman–Crippen LogP) is 3.51. The van der Waals surface area contributed by atoms with E-state index in [1.807, 2.05) is 72.8 Å². The summed E-state index contributed by atoms with van der Waals surface area (Å²) in [6.07, 6.45) is 4.56. The number of hydrogen-bond acceptors (Lipinski definition) is 4. The molecule has 2 heterocycles. The summed E-state index contributed by atoms with van der Waals surface area (Å²) in [7, 11) is 0. The van der Waals surface area contributed by atoms with Gasteiger partial charge in [-0.1, -0.05) is 60.7 Å². The predicted molar refractivity (Wildman–Crippen MR) is 106 cm³/mol. The third-order valence-electron chi connectivity index (χ3n) is 5.17. The number of carbonyl (C=O) groups excluding carboxylic acids is 1. The zero-order chi connectivity index (χ0) is 18.7. The highest BCUT2D eigenvalue weighted by Gasteiger charge is 2.46. The smallest absolute Gasteiger partial charge is 0.171 e. The molecule has 0 amide bonds. The average molecular weight is 355 g/mol. The van der Waals surface area contributed by atoms with Gasteiger partial charge in [-0.15, -0.1) is 0 Å². The van der Waals surface area contributed by atoms with E-state index in [4.69, 9.17) is 10.7 Å². The maximum Gasteiger partial charge on any atom is 0.171 e. The summed E-state index contributed by atoms with van der Waals surface area (Å²) in [6.45, 7) is 0. The van der Waals surface area contributed by atoms with Gasteiger partial charge in [0.05, 0.1) is 5.84 Å². The van der Waals surface area contributed by atoms with Crippen molar-refractivity contribution in [2.24, 2.45) is 16.6 Å². The molecular weight excluding hydrogens is 334 g/mol. The summed E-state index contributed by atoms with van der Waals surface area (Å²) in [5, 5.41) is 0. The number of nitrogens with two attached hydrogens (primary N) is 1. The SMILES string of the molecule is NC1=NC(c2ccccc2)(c2ccccc2)C(=O)CC1Cc1ccncc1. The number of benzene rings is 2. The summed E-state index contributed by atoms with van der Waals surface area (Å²) in [5.41, 5.74) is 8.16. The molecule has 0 spiro atoms. The van der Waals surface area contributed by atoms with Gasteiger partial charge in [-0.05, 0) is 35.2 Å². The quantitative estimate of drug-likeness (QED) is 0.779. The van der Waals surface area contributed by atoms with E-state index in [0.717, 1.165) is 16.7 Å². The number of carbonyl (C=O) groups is 1. The van der Waals surface area contributed by atoms with Crippen molar-refractivity contribution in [3.05, 3.63) is 102 Å². The molecule has 0 aliphatic carbocycles. The van der Waals surface area contributed by atoms with Gasteiger partial charge in [-0.25, -0.2) is 4.99 Å². The Morgan fingerprint density at radius 1 is 0.889 bits per heavy atom. The molecule has 2 N–H and O–H groups in total. The minimum atomic E-state index is -1.07. The van der Waals surface area contributed by atoms with Crippen molar-refractivity contribution in [1.29, 1.82) is 0 Å². The summed E-state index contributed by atoms with van der Waals surface area (Å²) in [5.74, 6) is 0.507. The van der Waals surface area contributed by atoms with Gasteiger partial charge in [0.2, 0.25) is 0 Å². The van der Waals surface area contributed by atoms with E-state index in [-0.39, 0.29) is 11.7 Å². The molecule has 0 bridgehead atoms. The van der Waals surface area contributed by atoms with Gasteiger partial charge in [-0.3, -0.25) is 9.78 Å². The average Bonchev–Trinajstić information content (AvgIpc) is 2.72. The van der Waals surface area contributed by atoms with Crippen molar-refractivity contribution in [2.45, 2.75) is 18.4 Å². The highest BCUT2D eigenvalue weighted by Crippen LogP contribution is 2.40. The fraction of sp³-hybridized carbons (Fsp3) is 0.174. The third-order valence-corrected chi connectivity index (χ3v) is 5.17. The lowest BCUT2D eigenvalue weighted by Gasteiger charge is -2.36. The normalized spacial score (nSPS) is 18.7. The van der Waals surface area contributed by atoms with Gasteiger partial charge >= 0.3 is 0 Å². The number of nitrogens with zero attached hydrogens (tertiary/aromatic N) is 2. The maximum atomic E-state index is 13.5. The Bertz CT molecular complexity index is 913. The minimum Gasteiger partial charge on any atom is -0.387 e. The molecule has 134 valence electrons. The first-order valence-electron chi connectivity index (χ1n) is 9.08. The van der Waals surface area contributed by atoms with Crippen LogP contribution >= 0.6 is 0 Å². The molecule has 4 heteroatoms. The van der Waals surface area contributed by atoms with Crippen molar-refractivity contribution in [3.8, 4) is 0 Å². The Balaban J connectivity index is 1.80. The first kappa shape index (κ1) is 17.2. The van der Waals surface area contributed by atoms with E-state index >= 15 is 0 Å². The van der Waals surface area contributed by atoms with Crippen molar-refractivity contribution >= 4 is 11.6 Å². The molecule has 0 fully saturated rings. The van der Waals surface area contributed by atoms with Crippen molar-refractivity contribution in [2.75, 3.05) is 0 Å². The highest BCUT2D eigenvalue weighted by atomic mass is 16.1. The Morgan fingerprint density at radius 2 is 1.44 bits per heavy atom. The number of rotatable bonds is 4.